The zero-order valence-corrected chi connectivity index (χ0v) is 16.7. The molecule has 0 radical (unpaired) electrons. The van der Waals surface area contributed by atoms with Gasteiger partial charge in [-0.25, -0.2) is 5.01 Å². The number of thiocarbonyl (C=S) groups is 1. The van der Waals surface area contributed by atoms with Crippen LogP contribution in [0.1, 0.15) is 32.8 Å². The fourth-order valence-electron chi connectivity index (χ4n) is 3.65. The van der Waals surface area contributed by atoms with Crippen LogP contribution in [0.2, 0.25) is 0 Å². The van der Waals surface area contributed by atoms with E-state index in [-0.39, 0.29) is 5.54 Å². The van der Waals surface area contributed by atoms with Crippen molar-refractivity contribution in [3.63, 3.8) is 0 Å². The zero-order valence-electron chi connectivity index (χ0n) is 15.9. The van der Waals surface area contributed by atoms with Gasteiger partial charge in [0.25, 0.3) is 0 Å². The van der Waals surface area contributed by atoms with Crippen molar-refractivity contribution in [2.45, 2.75) is 45.3 Å². The largest absolute Gasteiger partial charge is 0.497 e. The number of hydrogen-bond donors (Lipinski definition) is 1. The van der Waals surface area contributed by atoms with Crippen molar-refractivity contribution in [3.05, 3.63) is 60.2 Å². The third-order valence-electron chi connectivity index (χ3n) is 4.90. The minimum atomic E-state index is 0.0295. The number of nitrogens with zero attached hydrogens (tertiary/aromatic N) is 2. The highest BCUT2D eigenvalue weighted by molar-refractivity contribution is 7.80. The second kappa shape index (κ2) is 7.64. The fraction of sp³-hybridized carbons (Fsp3) is 0.381. The molecule has 1 aliphatic heterocycles. The quantitative estimate of drug-likeness (QED) is 0.790. The predicted molar refractivity (Wildman–Crippen MR) is 111 cm³/mol. The molecule has 1 aliphatic rings. The number of ether oxygens (including phenoxy) is 1. The van der Waals surface area contributed by atoms with E-state index in [1.165, 1.54) is 5.56 Å². The van der Waals surface area contributed by atoms with E-state index in [4.69, 9.17) is 17.0 Å². The Morgan fingerprint density at radius 1 is 1.15 bits per heavy atom. The maximum absolute atomic E-state index is 5.76. The van der Waals surface area contributed by atoms with E-state index in [1.807, 2.05) is 42.5 Å². The van der Waals surface area contributed by atoms with Crippen LogP contribution in [0.5, 0.6) is 5.75 Å². The molecule has 26 heavy (non-hydrogen) atoms. The fourth-order valence-corrected chi connectivity index (χ4v) is 4.05. The normalized spacial score (nSPS) is 19.4. The molecule has 1 atom stereocenters. The third kappa shape index (κ3) is 4.00. The average molecular weight is 370 g/mol. The van der Waals surface area contributed by atoms with Gasteiger partial charge in [-0.15, -0.1) is 0 Å². The minimum Gasteiger partial charge on any atom is -0.497 e. The van der Waals surface area contributed by atoms with Gasteiger partial charge in [-0.05, 0) is 69.2 Å². The lowest BCUT2D eigenvalue weighted by molar-refractivity contribution is 0.00202. The van der Waals surface area contributed by atoms with Gasteiger partial charge >= 0.3 is 0 Å². The molecule has 1 fully saturated rings. The first-order valence-corrected chi connectivity index (χ1v) is 9.37. The maximum atomic E-state index is 5.76. The molecule has 2 aromatic carbocycles. The summed E-state index contributed by atoms with van der Waals surface area (Å²) in [6, 6.07) is 18.7. The van der Waals surface area contributed by atoms with Crippen molar-refractivity contribution in [1.82, 2.24) is 10.0 Å². The van der Waals surface area contributed by atoms with E-state index in [9.17, 15) is 0 Å². The van der Waals surface area contributed by atoms with Crippen molar-refractivity contribution >= 4 is 23.0 Å². The highest BCUT2D eigenvalue weighted by Crippen LogP contribution is 2.35. The molecule has 0 saturated carbocycles. The number of rotatable bonds is 4. The van der Waals surface area contributed by atoms with Gasteiger partial charge in [-0.3, -0.25) is 5.01 Å². The topological polar surface area (TPSA) is 27.7 Å². The van der Waals surface area contributed by atoms with E-state index in [0.717, 1.165) is 29.5 Å². The first kappa shape index (κ1) is 18.7. The number of hydrazine groups is 1. The Bertz CT molecular complexity index is 746. The lowest BCUT2D eigenvalue weighted by Crippen LogP contribution is -2.51. The van der Waals surface area contributed by atoms with E-state index >= 15 is 0 Å². The predicted octanol–water partition coefficient (Wildman–Crippen LogP) is 4.68. The van der Waals surface area contributed by atoms with Crippen LogP contribution in [0.3, 0.4) is 0 Å². The number of benzene rings is 2. The van der Waals surface area contributed by atoms with Crippen molar-refractivity contribution in [2.24, 2.45) is 0 Å². The van der Waals surface area contributed by atoms with Crippen molar-refractivity contribution in [3.8, 4) is 5.75 Å². The van der Waals surface area contributed by atoms with E-state index < -0.39 is 0 Å². The number of para-hydroxylation sites is 1. The molecule has 3 rings (SSSR count). The second-order valence-corrected chi connectivity index (χ2v) is 7.80. The molecule has 1 saturated heterocycles. The van der Waals surface area contributed by atoms with Crippen LogP contribution in [-0.4, -0.2) is 33.8 Å². The van der Waals surface area contributed by atoms with Crippen LogP contribution in [0.25, 0.3) is 0 Å². The number of methoxy groups -OCH3 is 1. The number of hydrogen-bond acceptors (Lipinski definition) is 3. The molecule has 0 amide bonds. The van der Waals surface area contributed by atoms with Crippen LogP contribution in [0.4, 0.5) is 5.69 Å². The van der Waals surface area contributed by atoms with Crippen molar-refractivity contribution in [1.29, 1.82) is 0 Å². The summed E-state index contributed by atoms with van der Waals surface area (Å²) in [6.45, 7) is 7.59. The second-order valence-electron chi connectivity index (χ2n) is 7.41. The average Bonchev–Trinajstić information content (AvgIpc) is 2.84. The Kier molecular flexibility index (Phi) is 5.49. The number of anilines is 1. The van der Waals surface area contributed by atoms with Gasteiger partial charge in [0.05, 0.1) is 7.11 Å². The lowest BCUT2D eigenvalue weighted by atomic mass is 9.98. The molecule has 0 aromatic heterocycles. The maximum Gasteiger partial charge on any atom is 0.188 e. The van der Waals surface area contributed by atoms with E-state index in [0.29, 0.717) is 6.04 Å². The molecule has 138 valence electrons. The van der Waals surface area contributed by atoms with Crippen LogP contribution in [0.15, 0.2) is 54.6 Å². The molecule has 2 aromatic rings. The summed E-state index contributed by atoms with van der Waals surface area (Å²) >= 11 is 5.76. The Morgan fingerprint density at radius 2 is 1.81 bits per heavy atom. The smallest absolute Gasteiger partial charge is 0.188 e. The summed E-state index contributed by atoms with van der Waals surface area (Å²) < 4.78 is 5.27. The minimum absolute atomic E-state index is 0.0295. The van der Waals surface area contributed by atoms with Crippen molar-refractivity contribution < 1.29 is 4.74 Å². The van der Waals surface area contributed by atoms with Gasteiger partial charge in [0.15, 0.2) is 5.11 Å². The molecule has 0 aliphatic carbocycles. The Balaban J connectivity index is 1.80. The first-order valence-electron chi connectivity index (χ1n) is 8.96. The van der Waals surface area contributed by atoms with Crippen LogP contribution in [0, 0.1) is 0 Å². The molecule has 5 heteroatoms. The van der Waals surface area contributed by atoms with Gasteiger partial charge < -0.3 is 10.1 Å². The van der Waals surface area contributed by atoms with Crippen molar-refractivity contribution in [2.75, 3.05) is 12.4 Å². The summed E-state index contributed by atoms with van der Waals surface area (Å²) in [5.74, 6) is 0.876. The summed E-state index contributed by atoms with van der Waals surface area (Å²) in [5.41, 5.74) is 2.28. The molecule has 1 heterocycles. The van der Waals surface area contributed by atoms with Gasteiger partial charge in [0.2, 0.25) is 0 Å². The number of nitrogens with one attached hydrogen (secondary N) is 1. The van der Waals surface area contributed by atoms with Gasteiger partial charge in [0.1, 0.15) is 5.75 Å². The Labute approximate surface area is 161 Å². The molecular formula is C21H27N3OS. The van der Waals surface area contributed by atoms with Gasteiger partial charge in [0, 0.05) is 23.8 Å². The lowest BCUT2D eigenvalue weighted by Gasteiger charge is -2.39. The summed E-state index contributed by atoms with van der Waals surface area (Å²) in [6.07, 6.45) is 1.06. The molecule has 0 unspecified atom stereocenters. The van der Waals surface area contributed by atoms with Gasteiger partial charge in [-0.2, -0.15) is 0 Å². The first-order chi connectivity index (χ1) is 12.4. The van der Waals surface area contributed by atoms with Gasteiger partial charge in [-0.1, -0.05) is 30.3 Å². The highest BCUT2D eigenvalue weighted by atomic mass is 32.1. The molecule has 4 nitrogen and oxygen atoms in total. The SMILES string of the molecule is COc1ccc(CN2N(C(=S)Nc3ccccc3)[C@@H](C)CC2(C)C)cc1. The monoisotopic (exact) mass is 369 g/mol. The summed E-state index contributed by atoms with van der Waals surface area (Å²) in [4.78, 5) is 0. The molecular weight excluding hydrogens is 342 g/mol. The standard InChI is InChI=1S/C21H27N3OS/c1-16-14-21(2,3)23(15-17-10-12-19(25-4)13-11-17)24(16)20(26)22-18-8-6-5-7-9-18/h5-13,16H,14-15H2,1-4H3,(H,22,26)/t16-/m0/s1. The third-order valence-corrected chi connectivity index (χ3v) is 5.18. The molecule has 0 bridgehead atoms. The Morgan fingerprint density at radius 3 is 2.42 bits per heavy atom. The Hall–Kier alpha value is -2.11. The van der Waals surface area contributed by atoms with Crippen LogP contribution >= 0.6 is 12.2 Å². The summed E-state index contributed by atoms with van der Waals surface area (Å²) in [5, 5.41) is 8.72. The van der Waals surface area contributed by atoms with E-state index in [1.54, 1.807) is 7.11 Å². The summed E-state index contributed by atoms with van der Waals surface area (Å²) in [7, 11) is 1.69. The van der Waals surface area contributed by atoms with Crippen LogP contribution < -0.4 is 10.1 Å². The highest BCUT2D eigenvalue weighted by Gasteiger charge is 2.43. The molecule has 0 spiro atoms. The zero-order chi connectivity index (χ0) is 18.7. The van der Waals surface area contributed by atoms with Crippen LogP contribution in [-0.2, 0) is 6.54 Å². The molecule has 1 N–H and O–H groups in total. The van der Waals surface area contributed by atoms with E-state index in [2.05, 4.69) is 48.2 Å².